The number of nitrogens with zero attached hydrogens (tertiary/aromatic N) is 2. The molecule has 0 saturated heterocycles. The van der Waals surface area contributed by atoms with Crippen molar-refractivity contribution in [2.24, 2.45) is 5.92 Å². The lowest BCUT2D eigenvalue weighted by atomic mass is 10.0. The van der Waals surface area contributed by atoms with Crippen LogP contribution in [0, 0.1) is 12.8 Å². The average molecular weight is 310 g/mol. The Morgan fingerprint density at radius 2 is 1.86 bits per heavy atom. The Balaban J connectivity index is 3.57. The first-order chi connectivity index (χ1) is 10.2. The lowest BCUT2D eigenvalue weighted by molar-refractivity contribution is -0.142. The molecule has 1 atom stereocenters. The number of aryl methyl sites for hydroxylation is 1. The quantitative estimate of drug-likeness (QED) is 0.804. The van der Waals surface area contributed by atoms with Gasteiger partial charge >= 0.3 is 5.97 Å². The Labute approximate surface area is 131 Å². The molecule has 1 heterocycles. The maximum atomic E-state index is 11.9. The summed E-state index contributed by atoms with van der Waals surface area (Å²) in [5.74, 6) is -1.50. The molecule has 0 saturated carbocycles. The van der Waals surface area contributed by atoms with Crippen molar-refractivity contribution in [3.05, 3.63) is 27.7 Å². The fourth-order valence-electron chi connectivity index (χ4n) is 2.69. The van der Waals surface area contributed by atoms with Crippen molar-refractivity contribution >= 4 is 5.97 Å². The summed E-state index contributed by atoms with van der Waals surface area (Å²) < 4.78 is 1.59. The first-order valence-electron chi connectivity index (χ1n) is 7.63. The van der Waals surface area contributed by atoms with Crippen molar-refractivity contribution in [2.45, 2.75) is 47.2 Å². The Bertz CT molecular complexity index is 589. The van der Waals surface area contributed by atoms with Crippen molar-refractivity contribution in [1.82, 2.24) is 9.47 Å². The van der Waals surface area contributed by atoms with Gasteiger partial charge in [-0.25, -0.2) is 4.79 Å². The van der Waals surface area contributed by atoms with Gasteiger partial charge in [0.1, 0.15) is 6.04 Å². The van der Waals surface area contributed by atoms with E-state index in [-0.39, 0.29) is 11.7 Å². The molecule has 0 aliphatic rings. The Kier molecular flexibility index (Phi) is 6.17. The van der Waals surface area contributed by atoms with Crippen molar-refractivity contribution in [1.29, 1.82) is 0 Å². The van der Waals surface area contributed by atoms with E-state index in [1.807, 2.05) is 32.6 Å². The van der Waals surface area contributed by atoms with Crippen molar-refractivity contribution < 1.29 is 15.0 Å². The summed E-state index contributed by atoms with van der Waals surface area (Å²) in [6.07, 6.45) is 0. The van der Waals surface area contributed by atoms with Crippen molar-refractivity contribution in [2.75, 3.05) is 13.1 Å². The predicted molar refractivity (Wildman–Crippen MR) is 85.2 cm³/mol. The topological polar surface area (TPSA) is 82.8 Å². The maximum absolute atomic E-state index is 11.9. The van der Waals surface area contributed by atoms with Crippen LogP contribution in [-0.2, 0) is 11.3 Å². The molecule has 0 fully saturated rings. The highest BCUT2D eigenvalue weighted by molar-refractivity contribution is 5.72. The van der Waals surface area contributed by atoms with Gasteiger partial charge in [0.2, 0.25) is 5.43 Å². The van der Waals surface area contributed by atoms with Gasteiger partial charge < -0.3 is 14.8 Å². The van der Waals surface area contributed by atoms with Gasteiger partial charge in [0.15, 0.2) is 5.75 Å². The molecule has 0 aromatic carbocycles. The van der Waals surface area contributed by atoms with E-state index in [4.69, 9.17) is 0 Å². The number of carboxylic acid groups (broad SMARTS) is 1. The SMILES string of the molecule is CCN(CC)Cc1c(O)c(=O)cc(C)n1C(C(=O)O)C(C)C. The van der Waals surface area contributed by atoms with Crippen LogP contribution in [-0.4, -0.2) is 38.7 Å². The summed E-state index contributed by atoms with van der Waals surface area (Å²) in [7, 11) is 0. The van der Waals surface area contributed by atoms with Gasteiger partial charge in [-0.05, 0) is 25.9 Å². The number of pyridine rings is 1. The summed E-state index contributed by atoms with van der Waals surface area (Å²) in [5, 5.41) is 19.8. The zero-order valence-electron chi connectivity index (χ0n) is 14.0. The monoisotopic (exact) mass is 310 g/mol. The van der Waals surface area contributed by atoms with Gasteiger partial charge in [0, 0.05) is 18.3 Å². The third kappa shape index (κ3) is 3.68. The molecule has 0 amide bonds. The van der Waals surface area contributed by atoms with E-state index in [9.17, 15) is 19.8 Å². The summed E-state index contributed by atoms with van der Waals surface area (Å²) in [6.45, 7) is 11.1. The lowest BCUT2D eigenvalue weighted by Crippen LogP contribution is -2.33. The molecule has 6 heteroatoms. The molecule has 1 unspecified atom stereocenters. The molecule has 22 heavy (non-hydrogen) atoms. The van der Waals surface area contributed by atoms with E-state index in [1.54, 1.807) is 11.5 Å². The smallest absolute Gasteiger partial charge is 0.326 e. The zero-order chi connectivity index (χ0) is 17.0. The highest BCUT2D eigenvalue weighted by Crippen LogP contribution is 2.26. The first-order valence-corrected chi connectivity index (χ1v) is 7.63. The Hall–Kier alpha value is -1.82. The first kappa shape index (κ1) is 18.2. The van der Waals surface area contributed by atoms with E-state index in [1.165, 1.54) is 6.07 Å². The van der Waals surface area contributed by atoms with Gasteiger partial charge in [-0.15, -0.1) is 0 Å². The number of aromatic hydroxyl groups is 1. The van der Waals surface area contributed by atoms with Crippen LogP contribution in [0.15, 0.2) is 10.9 Å². The zero-order valence-corrected chi connectivity index (χ0v) is 14.0. The molecule has 124 valence electrons. The van der Waals surface area contributed by atoms with Crippen LogP contribution in [0.2, 0.25) is 0 Å². The highest BCUT2D eigenvalue weighted by Gasteiger charge is 2.28. The second-order valence-corrected chi connectivity index (χ2v) is 5.80. The molecule has 2 N–H and O–H groups in total. The van der Waals surface area contributed by atoms with Crippen LogP contribution in [0.1, 0.15) is 45.1 Å². The number of carbonyl (C=O) groups is 1. The van der Waals surface area contributed by atoms with Crippen LogP contribution in [0.25, 0.3) is 0 Å². The minimum atomic E-state index is -0.970. The van der Waals surface area contributed by atoms with Gasteiger partial charge in [-0.3, -0.25) is 9.69 Å². The Morgan fingerprint density at radius 1 is 1.32 bits per heavy atom. The normalized spacial score (nSPS) is 12.9. The molecule has 6 nitrogen and oxygen atoms in total. The van der Waals surface area contributed by atoms with E-state index in [0.29, 0.717) is 17.9 Å². The minimum absolute atomic E-state index is 0.173. The third-order valence-electron chi connectivity index (χ3n) is 3.95. The highest BCUT2D eigenvalue weighted by atomic mass is 16.4. The van der Waals surface area contributed by atoms with Gasteiger partial charge in [-0.1, -0.05) is 27.7 Å². The van der Waals surface area contributed by atoms with Gasteiger partial charge in [-0.2, -0.15) is 0 Å². The van der Waals surface area contributed by atoms with Gasteiger partial charge in [0.25, 0.3) is 0 Å². The molecule has 0 radical (unpaired) electrons. The fraction of sp³-hybridized carbons (Fsp3) is 0.625. The Morgan fingerprint density at radius 3 is 2.27 bits per heavy atom. The van der Waals surface area contributed by atoms with Crippen LogP contribution in [0.5, 0.6) is 5.75 Å². The molecule has 0 aliphatic carbocycles. The van der Waals surface area contributed by atoms with Crippen LogP contribution in [0.4, 0.5) is 0 Å². The van der Waals surface area contributed by atoms with Gasteiger partial charge in [0.05, 0.1) is 5.69 Å². The molecular formula is C16H26N2O4. The van der Waals surface area contributed by atoms with E-state index < -0.39 is 17.4 Å². The number of carboxylic acids is 1. The molecule has 0 aliphatic heterocycles. The van der Waals surface area contributed by atoms with Crippen LogP contribution in [0.3, 0.4) is 0 Å². The number of hydrogen-bond donors (Lipinski definition) is 2. The number of rotatable bonds is 7. The molecule has 1 aromatic heterocycles. The number of aliphatic carboxylic acids is 1. The van der Waals surface area contributed by atoms with Crippen molar-refractivity contribution in [3.63, 3.8) is 0 Å². The molecule has 1 rings (SSSR count). The summed E-state index contributed by atoms with van der Waals surface area (Å²) in [5.41, 5.74) is 0.449. The maximum Gasteiger partial charge on any atom is 0.326 e. The van der Waals surface area contributed by atoms with E-state index in [0.717, 1.165) is 13.1 Å². The van der Waals surface area contributed by atoms with E-state index in [2.05, 4.69) is 0 Å². The predicted octanol–water partition coefficient (Wildman–Crippen LogP) is 1.99. The number of hydrogen-bond acceptors (Lipinski definition) is 4. The second-order valence-electron chi connectivity index (χ2n) is 5.80. The molecule has 1 aromatic rings. The molecule has 0 bridgehead atoms. The van der Waals surface area contributed by atoms with Crippen LogP contribution < -0.4 is 5.43 Å². The number of aromatic nitrogens is 1. The third-order valence-corrected chi connectivity index (χ3v) is 3.95. The largest absolute Gasteiger partial charge is 0.503 e. The van der Waals surface area contributed by atoms with E-state index >= 15 is 0 Å². The second kappa shape index (κ2) is 7.45. The molecular weight excluding hydrogens is 284 g/mol. The lowest BCUT2D eigenvalue weighted by Gasteiger charge is -2.29. The fourth-order valence-corrected chi connectivity index (χ4v) is 2.69. The van der Waals surface area contributed by atoms with Crippen molar-refractivity contribution in [3.8, 4) is 5.75 Å². The van der Waals surface area contributed by atoms with Crippen LogP contribution >= 0.6 is 0 Å². The summed E-state index contributed by atoms with van der Waals surface area (Å²) >= 11 is 0. The molecule has 0 spiro atoms. The summed E-state index contributed by atoms with van der Waals surface area (Å²) in [6, 6.07) is 0.469. The minimum Gasteiger partial charge on any atom is -0.503 e. The standard InChI is InChI=1S/C16H26N2O4/c1-6-17(7-2)9-12-15(20)13(19)8-11(5)18(12)14(10(3)4)16(21)22/h8,10,14,20H,6-7,9H2,1-5H3,(H,21,22). The average Bonchev–Trinajstić information content (AvgIpc) is 2.43. The summed E-state index contributed by atoms with van der Waals surface area (Å²) in [4.78, 5) is 25.6.